The molecule has 2 aromatic rings. The fourth-order valence-electron chi connectivity index (χ4n) is 4.26. The van der Waals surface area contributed by atoms with Crippen molar-refractivity contribution < 1.29 is 18.8 Å². The van der Waals surface area contributed by atoms with Crippen molar-refractivity contribution in [3.63, 3.8) is 0 Å². The summed E-state index contributed by atoms with van der Waals surface area (Å²) in [7, 11) is 0. The summed E-state index contributed by atoms with van der Waals surface area (Å²) < 4.78 is 5.69. The molecular weight excluding hydrogens is 388 g/mol. The monoisotopic (exact) mass is 410 g/mol. The highest BCUT2D eigenvalue weighted by molar-refractivity contribution is 6.05. The molecule has 0 radical (unpaired) electrons. The van der Waals surface area contributed by atoms with Gasteiger partial charge in [0.05, 0.1) is 6.04 Å². The summed E-state index contributed by atoms with van der Waals surface area (Å²) in [6.07, 6.45) is 2.69. The van der Waals surface area contributed by atoms with Crippen LogP contribution in [0.3, 0.4) is 0 Å². The molecule has 2 fully saturated rings. The Hall–Kier alpha value is -3.27. The Bertz CT molecular complexity index is 1010. The van der Waals surface area contributed by atoms with E-state index in [4.69, 9.17) is 4.42 Å². The largest absolute Gasteiger partial charge is 0.406 e. The number of anilines is 1. The fourth-order valence-corrected chi connectivity index (χ4v) is 4.26. The molecule has 2 saturated heterocycles. The Morgan fingerprint density at radius 3 is 2.90 bits per heavy atom. The van der Waals surface area contributed by atoms with Gasteiger partial charge in [-0.3, -0.25) is 19.7 Å². The molecular formula is C20H22N6O4. The fraction of sp³-hybridized carbons (Fsp3) is 0.450. The summed E-state index contributed by atoms with van der Waals surface area (Å²) in [5, 5.41) is 16.9. The molecule has 0 bridgehead atoms. The van der Waals surface area contributed by atoms with E-state index in [-0.39, 0.29) is 24.3 Å². The zero-order valence-electron chi connectivity index (χ0n) is 16.3. The lowest BCUT2D eigenvalue weighted by Gasteiger charge is -2.29. The van der Waals surface area contributed by atoms with Gasteiger partial charge in [0.15, 0.2) is 0 Å². The number of carbonyl (C=O) groups is 3. The number of fused-ring (bicyclic) bond motifs is 1. The lowest BCUT2D eigenvalue weighted by atomic mass is 10.0. The summed E-state index contributed by atoms with van der Waals surface area (Å²) in [6.45, 7) is 1.78. The molecule has 30 heavy (non-hydrogen) atoms. The molecule has 5 rings (SSSR count). The molecule has 1 aromatic carbocycles. The summed E-state index contributed by atoms with van der Waals surface area (Å²) in [6, 6.07) is 5.47. The SMILES string of the molecule is O=C1CCC(N2Cc3cc(CNc4nnc(C5CCCN5)o4)ccc3C2=O)C(=O)N1. The number of benzene rings is 1. The topological polar surface area (TPSA) is 129 Å². The van der Waals surface area contributed by atoms with Crippen LogP contribution in [0, 0.1) is 0 Å². The quantitative estimate of drug-likeness (QED) is 0.619. The predicted molar refractivity (Wildman–Crippen MR) is 104 cm³/mol. The average Bonchev–Trinajstić information content (AvgIpc) is 3.47. The van der Waals surface area contributed by atoms with Crippen molar-refractivity contribution in [3.8, 4) is 0 Å². The van der Waals surface area contributed by atoms with E-state index < -0.39 is 11.9 Å². The van der Waals surface area contributed by atoms with E-state index in [1.165, 1.54) is 0 Å². The standard InChI is InChI=1S/C20H22N6O4/c27-16-6-5-15(17(28)23-16)26-10-12-8-11(3-4-13(12)19(26)29)9-22-20-25-24-18(30-20)14-2-1-7-21-14/h3-4,8,14-15,21H,1-2,5-7,9-10H2,(H,22,25)(H,23,27,28). The zero-order chi connectivity index (χ0) is 20.7. The third-order valence-corrected chi connectivity index (χ3v) is 5.83. The number of hydrogen-bond donors (Lipinski definition) is 3. The molecule has 2 unspecified atom stereocenters. The number of carbonyl (C=O) groups excluding carboxylic acids is 3. The van der Waals surface area contributed by atoms with Gasteiger partial charge in [0.25, 0.3) is 5.91 Å². The number of hydrogen-bond acceptors (Lipinski definition) is 8. The molecule has 10 nitrogen and oxygen atoms in total. The van der Waals surface area contributed by atoms with Crippen molar-refractivity contribution in [1.29, 1.82) is 0 Å². The molecule has 156 valence electrons. The number of nitrogens with one attached hydrogen (secondary N) is 3. The Morgan fingerprint density at radius 1 is 1.20 bits per heavy atom. The minimum atomic E-state index is -0.606. The van der Waals surface area contributed by atoms with Gasteiger partial charge in [-0.2, -0.15) is 0 Å². The Morgan fingerprint density at radius 2 is 2.10 bits per heavy atom. The van der Waals surface area contributed by atoms with Crippen LogP contribution in [0.5, 0.6) is 0 Å². The molecule has 4 heterocycles. The highest BCUT2D eigenvalue weighted by Crippen LogP contribution is 2.28. The second-order valence-electron chi connectivity index (χ2n) is 7.84. The second-order valence-corrected chi connectivity index (χ2v) is 7.84. The number of aromatic nitrogens is 2. The van der Waals surface area contributed by atoms with Crippen LogP contribution in [-0.4, -0.2) is 45.4 Å². The summed E-state index contributed by atoms with van der Waals surface area (Å²) in [5.74, 6) is -0.279. The van der Waals surface area contributed by atoms with E-state index in [9.17, 15) is 14.4 Å². The van der Waals surface area contributed by atoms with Crippen molar-refractivity contribution in [2.24, 2.45) is 0 Å². The zero-order valence-corrected chi connectivity index (χ0v) is 16.3. The minimum absolute atomic E-state index is 0.123. The van der Waals surface area contributed by atoms with Crippen molar-refractivity contribution in [2.45, 2.75) is 50.9 Å². The summed E-state index contributed by atoms with van der Waals surface area (Å²) in [4.78, 5) is 37.8. The highest BCUT2D eigenvalue weighted by atomic mass is 16.4. The van der Waals surface area contributed by atoms with Gasteiger partial charge in [0, 0.05) is 25.1 Å². The van der Waals surface area contributed by atoms with Gasteiger partial charge in [-0.15, -0.1) is 5.10 Å². The first-order valence-electron chi connectivity index (χ1n) is 10.2. The summed E-state index contributed by atoms with van der Waals surface area (Å²) >= 11 is 0. The number of rotatable bonds is 5. The first-order valence-corrected chi connectivity index (χ1v) is 10.2. The third kappa shape index (κ3) is 3.43. The molecule has 0 saturated carbocycles. The van der Waals surface area contributed by atoms with E-state index in [0.717, 1.165) is 30.5 Å². The smallest absolute Gasteiger partial charge is 0.315 e. The Kier molecular flexibility index (Phi) is 4.70. The van der Waals surface area contributed by atoms with Crippen molar-refractivity contribution in [1.82, 2.24) is 25.7 Å². The second kappa shape index (κ2) is 7.52. The van der Waals surface area contributed by atoms with Crippen molar-refractivity contribution in [2.75, 3.05) is 11.9 Å². The normalized spacial score (nSPS) is 23.6. The van der Waals surface area contributed by atoms with Crippen LogP contribution in [0.2, 0.25) is 0 Å². The van der Waals surface area contributed by atoms with Gasteiger partial charge in [-0.1, -0.05) is 17.2 Å². The highest BCUT2D eigenvalue weighted by Gasteiger charge is 2.39. The maximum Gasteiger partial charge on any atom is 0.315 e. The van der Waals surface area contributed by atoms with Crippen molar-refractivity contribution in [3.05, 3.63) is 40.8 Å². The van der Waals surface area contributed by atoms with E-state index in [0.29, 0.717) is 37.0 Å². The Labute approximate surface area is 172 Å². The van der Waals surface area contributed by atoms with E-state index in [1.54, 1.807) is 11.0 Å². The van der Waals surface area contributed by atoms with Gasteiger partial charge < -0.3 is 20.0 Å². The first-order chi connectivity index (χ1) is 14.6. The number of amides is 3. The molecule has 2 atom stereocenters. The van der Waals surface area contributed by atoms with Crippen LogP contribution >= 0.6 is 0 Å². The van der Waals surface area contributed by atoms with Crippen LogP contribution < -0.4 is 16.0 Å². The van der Waals surface area contributed by atoms with E-state index in [1.807, 2.05) is 12.1 Å². The number of piperidine rings is 1. The number of imide groups is 1. The first kappa shape index (κ1) is 18.7. The molecule has 0 aliphatic carbocycles. The lowest BCUT2D eigenvalue weighted by molar-refractivity contribution is -0.136. The van der Waals surface area contributed by atoms with Crippen molar-refractivity contribution >= 4 is 23.7 Å². The van der Waals surface area contributed by atoms with Gasteiger partial charge >= 0.3 is 6.01 Å². The predicted octanol–water partition coefficient (Wildman–Crippen LogP) is 0.867. The molecule has 3 N–H and O–H groups in total. The van der Waals surface area contributed by atoms with Gasteiger partial charge in [0.2, 0.25) is 17.7 Å². The minimum Gasteiger partial charge on any atom is -0.406 e. The molecule has 1 aromatic heterocycles. The molecule has 3 aliphatic heterocycles. The van der Waals surface area contributed by atoms with Crippen LogP contribution in [-0.2, 0) is 22.7 Å². The molecule has 3 aliphatic rings. The Balaban J connectivity index is 1.24. The van der Waals surface area contributed by atoms with Crippen LogP contribution in [0.15, 0.2) is 22.6 Å². The van der Waals surface area contributed by atoms with Gasteiger partial charge in [-0.05, 0) is 43.0 Å². The molecule has 3 amide bonds. The maximum atomic E-state index is 12.7. The van der Waals surface area contributed by atoms with E-state index >= 15 is 0 Å². The van der Waals surface area contributed by atoms with E-state index in [2.05, 4.69) is 26.1 Å². The van der Waals surface area contributed by atoms with Crippen LogP contribution in [0.1, 0.15) is 59.1 Å². The van der Waals surface area contributed by atoms with Crippen LogP contribution in [0.4, 0.5) is 6.01 Å². The third-order valence-electron chi connectivity index (χ3n) is 5.83. The van der Waals surface area contributed by atoms with Crippen LogP contribution in [0.25, 0.3) is 0 Å². The average molecular weight is 410 g/mol. The van der Waals surface area contributed by atoms with Gasteiger partial charge in [0.1, 0.15) is 6.04 Å². The van der Waals surface area contributed by atoms with Gasteiger partial charge in [-0.25, -0.2) is 0 Å². The summed E-state index contributed by atoms with van der Waals surface area (Å²) in [5.41, 5.74) is 2.42. The lowest BCUT2D eigenvalue weighted by Crippen LogP contribution is -2.52. The number of nitrogens with zero attached hydrogens (tertiary/aromatic N) is 3. The molecule has 10 heteroatoms. The maximum absolute atomic E-state index is 12.7. The molecule has 0 spiro atoms.